The Morgan fingerprint density at radius 3 is 2.79 bits per heavy atom. The summed E-state index contributed by atoms with van der Waals surface area (Å²) in [5.41, 5.74) is 3.20. The normalized spacial score (nSPS) is 21.5. The fourth-order valence-corrected chi connectivity index (χ4v) is 3.31. The van der Waals surface area contributed by atoms with Crippen LogP contribution in [0.5, 0.6) is 0 Å². The number of thioether (sulfide) groups is 1. The van der Waals surface area contributed by atoms with E-state index in [0.717, 1.165) is 29.0 Å². The molecule has 0 saturated carbocycles. The molecule has 1 heterocycles. The number of halogens is 1. The molecule has 1 fully saturated rings. The van der Waals surface area contributed by atoms with Crippen molar-refractivity contribution in [1.82, 2.24) is 4.90 Å². The Bertz CT molecular complexity index is 521. The van der Waals surface area contributed by atoms with Crippen molar-refractivity contribution in [3.8, 4) is 0 Å². The molecule has 1 aromatic rings. The summed E-state index contributed by atoms with van der Waals surface area (Å²) < 4.78 is 13.4. The Hall–Kier alpha value is -1.22. The van der Waals surface area contributed by atoms with E-state index in [1.807, 2.05) is 13.1 Å². The standard InChI is InChI=1S/C16H20FNS/c1-5-6-13-7-8-15(17)9-14(13)10-16-11(2)18(4)12(3)19-16/h7-10,12H,2,5-6H2,1,3-4H3/b16-10-. The van der Waals surface area contributed by atoms with Gasteiger partial charge in [-0.15, -0.1) is 0 Å². The number of hydrogen-bond acceptors (Lipinski definition) is 2. The maximum absolute atomic E-state index is 13.4. The summed E-state index contributed by atoms with van der Waals surface area (Å²) in [5.74, 6) is -0.179. The summed E-state index contributed by atoms with van der Waals surface area (Å²) in [7, 11) is 2.04. The van der Waals surface area contributed by atoms with Crippen molar-refractivity contribution in [2.24, 2.45) is 0 Å². The van der Waals surface area contributed by atoms with E-state index in [9.17, 15) is 4.39 Å². The Morgan fingerprint density at radius 2 is 2.21 bits per heavy atom. The van der Waals surface area contributed by atoms with Gasteiger partial charge in [-0.2, -0.15) is 0 Å². The van der Waals surface area contributed by atoms with Crippen LogP contribution in [0.2, 0.25) is 0 Å². The minimum Gasteiger partial charge on any atom is -0.362 e. The molecule has 2 rings (SSSR count). The molecule has 102 valence electrons. The fraction of sp³-hybridized carbons (Fsp3) is 0.375. The van der Waals surface area contributed by atoms with Gasteiger partial charge in [0, 0.05) is 17.6 Å². The van der Waals surface area contributed by atoms with E-state index in [0.29, 0.717) is 5.37 Å². The lowest BCUT2D eigenvalue weighted by molar-refractivity contribution is 0.438. The lowest BCUT2D eigenvalue weighted by atomic mass is 10.0. The number of hydrogen-bond donors (Lipinski definition) is 0. The number of nitrogens with zero attached hydrogens (tertiary/aromatic N) is 1. The van der Waals surface area contributed by atoms with Crippen LogP contribution in [0.25, 0.3) is 6.08 Å². The first-order valence-electron chi connectivity index (χ1n) is 6.61. The Balaban J connectivity index is 2.37. The average molecular weight is 277 g/mol. The zero-order valence-electron chi connectivity index (χ0n) is 11.7. The van der Waals surface area contributed by atoms with Crippen LogP contribution in [0.1, 0.15) is 31.4 Å². The minimum atomic E-state index is -0.179. The highest BCUT2D eigenvalue weighted by Crippen LogP contribution is 2.40. The van der Waals surface area contributed by atoms with Crippen LogP contribution in [0, 0.1) is 5.82 Å². The zero-order chi connectivity index (χ0) is 14.0. The number of rotatable bonds is 3. The maximum Gasteiger partial charge on any atom is 0.123 e. The SMILES string of the molecule is C=C1/C(=C/c2cc(F)ccc2CCC)SC(C)N1C. The van der Waals surface area contributed by atoms with E-state index in [1.54, 1.807) is 23.9 Å². The minimum absolute atomic E-state index is 0.179. The van der Waals surface area contributed by atoms with Crippen LogP contribution in [0.15, 0.2) is 35.4 Å². The first-order valence-corrected chi connectivity index (χ1v) is 7.49. The van der Waals surface area contributed by atoms with Gasteiger partial charge in [-0.05, 0) is 42.7 Å². The molecule has 0 spiro atoms. The quantitative estimate of drug-likeness (QED) is 0.790. The topological polar surface area (TPSA) is 3.24 Å². The molecule has 1 aromatic carbocycles. The van der Waals surface area contributed by atoms with E-state index < -0.39 is 0 Å². The fourth-order valence-electron chi connectivity index (χ4n) is 2.18. The van der Waals surface area contributed by atoms with Gasteiger partial charge in [0.05, 0.1) is 5.37 Å². The van der Waals surface area contributed by atoms with Crippen molar-refractivity contribution in [2.45, 2.75) is 32.1 Å². The zero-order valence-corrected chi connectivity index (χ0v) is 12.6. The molecule has 1 aliphatic heterocycles. The van der Waals surface area contributed by atoms with Gasteiger partial charge in [0.2, 0.25) is 0 Å². The monoisotopic (exact) mass is 277 g/mol. The first kappa shape index (κ1) is 14.2. The molecule has 0 bridgehead atoms. The highest BCUT2D eigenvalue weighted by atomic mass is 32.2. The van der Waals surface area contributed by atoms with Crippen molar-refractivity contribution < 1.29 is 4.39 Å². The third-order valence-electron chi connectivity index (χ3n) is 3.47. The molecule has 3 heteroatoms. The summed E-state index contributed by atoms with van der Waals surface area (Å²) in [6.07, 6.45) is 4.11. The second kappa shape index (κ2) is 5.83. The Labute approximate surface area is 119 Å². The summed E-state index contributed by atoms with van der Waals surface area (Å²) in [6, 6.07) is 5.05. The smallest absolute Gasteiger partial charge is 0.123 e. The van der Waals surface area contributed by atoms with Crippen LogP contribution in [0.3, 0.4) is 0 Å². The number of benzene rings is 1. The molecule has 1 saturated heterocycles. The molecule has 0 amide bonds. The van der Waals surface area contributed by atoms with Gasteiger partial charge < -0.3 is 4.90 Å². The predicted molar refractivity (Wildman–Crippen MR) is 82.3 cm³/mol. The summed E-state index contributed by atoms with van der Waals surface area (Å²) in [5, 5.41) is 0.391. The first-order chi connectivity index (χ1) is 9.02. The lowest BCUT2D eigenvalue weighted by Crippen LogP contribution is -2.17. The van der Waals surface area contributed by atoms with Crippen LogP contribution < -0.4 is 0 Å². The molecule has 19 heavy (non-hydrogen) atoms. The molecule has 1 unspecified atom stereocenters. The van der Waals surface area contributed by atoms with E-state index in [4.69, 9.17) is 0 Å². The highest BCUT2D eigenvalue weighted by molar-refractivity contribution is 8.04. The van der Waals surface area contributed by atoms with Crippen molar-refractivity contribution in [2.75, 3.05) is 7.05 Å². The molecule has 1 nitrogen and oxygen atoms in total. The van der Waals surface area contributed by atoms with Gasteiger partial charge in [-0.25, -0.2) is 4.39 Å². The van der Waals surface area contributed by atoms with Gasteiger partial charge in [0.25, 0.3) is 0 Å². The molecule has 0 radical (unpaired) electrons. The third-order valence-corrected chi connectivity index (χ3v) is 4.73. The van der Waals surface area contributed by atoms with Crippen molar-refractivity contribution in [3.63, 3.8) is 0 Å². The second-order valence-corrected chi connectivity index (χ2v) is 6.23. The molecular weight excluding hydrogens is 257 g/mol. The van der Waals surface area contributed by atoms with Crippen LogP contribution >= 0.6 is 11.8 Å². The predicted octanol–water partition coefficient (Wildman–Crippen LogP) is 4.66. The Kier molecular flexibility index (Phi) is 4.35. The molecule has 1 atom stereocenters. The van der Waals surface area contributed by atoms with E-state index >= 15 is 0 Å². The average Bonchev–Trinajstić information content (AvgIpc) is 2.61. The van der Waals surface area contributed by atoms with Gasteiger partial charge in [0.15, 0.2) is 0 Å². The molecule has 0 aliphatic carbocycles. The molecular formula is C16H20FNS. The summed E-state index contributed by atoms with van der Waals surface area (Å²) in [4.78, 5) is 3.29. The second-order valence-electron chi connectivity index (χ2n) is 4.88. The van der Waals surface area contributed by atoms with Crippen LogP contribution in [-0.2, 0) is 6.42 Å². The third kappa shape index (κ3) is 3.03. The van der Waals surface area contributed by atoms with E-state index in [-0.39, 0.29) is 5.82 Å². The van der Waals surface area contributed by atoms with Gasteiger partial charge in [0.1, 0.15) is 5.82 Å². The van der Waals surface area contributed by atoms with Crippen molar-refractivity contribution in [3.05, 3.63) is 52.3 Å². The van der Waals surface area contributed by atoms with E-state index in [2.05, 4.69) is 31.4 Å². The maximum atomic E-state index is 13.4. The van der Waals surface area contributed by atoms with Gasteiger partial charge >= 0.3 is 0 Å². The van der Waals surface area contributed by atoms with Crippen molar-refractivity contribution >= 4 is 17.8 Å². The summed E-state index contributed by atoms with van der Waals surface area (Å²) in [6.45, 7) is 8.39. The summed E-state index contributed by atoms with van der Waals surface area (Å²) >= 11 is 1.77. The molecule has 0 aromatic heterocycles. The Morgan fingerprint density at radius 1 is 1.47 bits per heavy atom. The van der Waals surface area contributed by atoms with E-state index in [1.165, 1.54) is 5.56 Å². The van der Waals surface area contributed by atoms with Crippen molar-refractivity contribution in [1.29, 1.82) is 0 Å². The van der Waals surface area contributed by atoms with Crippen LogP contribution in [-0.4, -0.2) is 17.3 Å². The number of likely N-dealkylation sites (N-methyl/N-ethyl adjacent to an activating group) is 1. The molecule has 1 aliphatic rings. The number of aryl methyl sites for hydroxylation is 1. The highest BCUT2D eigenvalue weighted by Gasteiger charge is 2.24. The molecule has 0 N–H and O–H groups in total. The van der Waals surface area contributed by atoms with Gasteiger partial charge in [-0.1, -0.05) is 37.8 Å². The largest absolute Gasteiger partial charge is 0.362 e. The van der Waals surface area contributed by atoms with Gasteiger partial charge in [-0.3, -0.25) is 0 Å². The van der Waals surface area contributed by atoms with Crippen LogP contribution in [0.4, 0.5) is 4.39 Å². The lowest BCUT2D eigenvalue weighted by Gasteiger charge is -2.15.